The van der Waals surface area contributed by atoms with Crippen molar-refractivity contribution in [2.75, 3.05) is 34.8 Å². The van der Waals surface area contributed by atoms with Crippen LogP contribution in [0.5, 0.6) is 0 Å². The van der Waals surface area contributed by atoms with Gasteiger partial charge in [0, 0.05) is 43.1 Å². The van der Waals surface area contributed by atoms with Gasteiger partial charge in [-0.15, -0.1) is 0 Å². The Bertz CT molecular complexity index is 1840. The first kappa shape index (κ1) is 28.4. The molecule has 11 nitrogen and oxygen atoms in total. The van der Waals surface area contributed by atoms with Crippen LogP contribution < -0.4 is 20.7 Å². The fraction of sp³-hybridized carbons (Fsp3) is 0.267. The SMILES string of the molecule is Cc1cc([C@@H](C)Nc2ccc(Cl)nc2C(=O)O)c2nc(N3CCN(c4ccc(C#N)cc4)C[C@H]3C)c(C#N)c(=O)n2c1. The molecule has 0 bridgehead atoms. The summed E-state index contributed by atoms with van der Waals surface area (Å²) in [5.41, 5.74) is 2.88. The van der Waals surface area contributed by atoms with E-state index in [2.05, 4.69) is 27.3 Å². The number of benzene rings is 1. The first-order chi connectivity index (χ1) is 20.1. The van der Waals surface area contributed by atoms with Gasteiger partial charge in [-0.05, 0) is 68.8 Å². The maximum atomic E-state index is 13.7. The second-order valence-electron chi connectivity index (χ2n) is 10.2. The molecular formula is C30H27ClN8O3. The Labute approximate surface area is 246 Å². The summed E-state index contributed by atoms with van der Waals surface area (Å²) < 4.78 is 1.38. The van der Waals surface area contributed by atoms with E-state index in [1.165, 1.54) is 10.5 Å². The second-order valence-corrected chi connectivity index (χ2v) is 10.6. The predicted molar refractivity (Wildman–Crippen MR) is 159 cm³/mol. The molecule has 4 aromatic rings. The van der Waals surface area contributed by atoms with Gasteiger partial charge in [-0.25, -0.2) is 14.8 Å². The lowest BCUT2D eigenvalue weighted by Crippen LogP contribution is -2.53. The zero-order valence-corrected chi connectivity index (χ0v) is 23.9. The van der Waals surface area contributed by atoms with E-state index in [0.717, 1.165) is 11.3 Å². The summed E-state index contributed by atoms with van der Waals surface area (Å²) >= 11 is 5.92. The summed E-state index contributed by atoms with van der Waals surface area (Å²) in [6.45, 7) is 7.45. The number of fused-ring (bicyclic) bond motifs is 1. The molecule has 1 saturated heterocycles. The molecule has 12 heteroatoms. The van der Waals surface area contributed by atoms with Crippen molar-refractivity contribution in [3.05, 3.63) is 92.1 Å². The number of aryl methyl sites for hydroxylation is 1. The molecule has 0 spiro atoms. The minimum absolute atomic E-state index is 0.0431. The summed E-state index contributed by atoms with van der Waals surface area (Å²) in [4.78, 5) is 38.5. The van der Waals surface area contributed by atoms with Crippen molar-refractivity contribution in [3.8, 4) is 12.1 Å². The van der Waals surface area contributed by atoms with Crippen molar-refractivity contribution < 1.29 is 9.90 Å². The van der Waals surface area contributed by atoms with E-state index in [4.69, 9.17) is 21.8 Å². The van der Waals surface area contributed by atoms with Crippen LogP contribution in [0.15, 0.2) is 53.5 Å². The van der Waals surface area contributed by atoms with Gasteiger partial charge in [-0.1, -0.05) is 11.6 Å². The third-order valence-electron chi connectivity index (χ3n) is 7.35. The van der Waals surface area contributed by atoms with E-state index in [1.54, 1.807) is 24.4 Å². The van der Waals surface area contributed by atoms with Crippen molar-refractivity contribution >= 4 is 40.4 Å². The molecule has 0 aliphatic carbocycles. The van der Waals surface area contributed by atoms with Gasteiger partial charge in [0.2, 0.25) is 0 Å². The number of nitriles is 2. The van der Waals surface area contributed by atoms with Gasteiger partial charge >= 0.3 is 5.97 Å². The number of aromatic carboxylic acids is 1. The highest BCUT2D eigenvalue weighted by Crippen LogP contribution is 2.29. The zero-order valence-electron chi connectivity index (χ0n) is 23.2. The van der Waals surface area contributed by atoms with E-state index in [0.29, 0.717) is 42.2 Å². The van der Waals surface area contributed by atoms with Gasteiger partial charge in [-0.3, -0.25) is 9.20 Å². The molecule has 1 aliphatic heterocycles. The Kier molecular flexibility index (Phi) is 7.70. The van der Waals surface area contributed by atoms with Crippen molar-refractivity contribution in [2.45, 2.75) is 32.9 Å². The lowest BCUT2D eigenvalue weighted by molar-refractivity contribution is 0.0691. The second kappa shape index (κ2) is 11.4. The van der Waals surface area contributed by atoms with Gasteiger partial charge in [0.05, 0.1) is 23.4 Å². The van der Waals surface area contributed by atoms with E-state index < -0.39 is 17.6 Å². The van der Waals surface area contributed by atoms with Crippen LogP contribution in [0.2, 0.25) is 5.15 Å². The van der Waals surface area contributed by atoms with Crippen LogP contribution in [0.1, 0.15) is 52.6 Å². The molecule has 212 valence electrons. The van der Waals surface area contributed by atoms with Gasteiger partial charge in [-0.2, -0.15) is 10.5 Å². The van der Waals surface area contributed by atoms with Crippen LogP contribution in [-0.2, 0) is 0 Å². The van der Waals surface area contributed by atoms with E-state index in [9.17, 15) is 20.0 Å². The van der Waals surface area contributed by atoms with Crippen molar-refractivity contribution in [1.29, 1.82) is 10.5 Å². The molecule has 0 amide bonds. The fourth-order valence-corrected chi connectivity index (χ4v) is 5.45. The van der Waals surface area contributed by atoms with E-state index in [-0.39, 0.29) is 28.1 Å². The third-order valence-corrected chi connectivity index (χ3v) is 7.56. The Balaban J connectivity index is 1.54. The predicted octanol–water partition coefficient (Wildman–Crippen LogP) is 4.38. The molecule has 1 aliphatic rings. The molecular weight excluding hydrogens is 556 g/mol. The number of rotatable bonds is 6. The number of aromatic nitrogens is 3. The topological polar surface area (TPSA) is 151 Å². The van der Waals surface area contributed by atoms with Crippen molar-refractivity contribution in [2.24, 2.45) is 0 Å². The molecule has 0 unspecified atom stereocenters. The Morgan fingerprint density at radius 2 is 1.88 bits per heavy atom. The van der Waals surface area contributed by atoms with Gasteiger partial charge in [0.1, 0.15) is 16.9 Å². The number of nitrogens with one attached hydrogen (secondary N) is 1. The van der Waals surface area contributed by atoms with Gasteiger partial charge in [0.25, 0.3) is 5.56 Å². The Morgan fingerprint density at radius 3 is 2.52 bits per heavy atom. The van der Waals surface area contributed by atoms with Gasteiger partial charge in [0.15, 0.2) is 17.1 Å². The van der Waals surface area contributed by atoms with E-state index in [1.807, 2.05) is 43.9 Å². The maximum absolute atomic E-state index is 13.7. The van der Waals surface area contributed by atoms with Crippen molar-refractivity contribution in [1.82, 2.24) is 14.4 Å². The zero-order chi connectivity index (χ0) is 30.1. The molecule has 0 saturated carbocycles. The van der Waals surface area contributed by atoms with Crippen LogP contribution in [0, 0.1) is 29.6 Å². The normalized spacial score (nSPS) is 15.6. The highest BCUT2D eigenvalue weighted by Gasteiger charge is 2.29. The number of carboxylic acid groups (broad SMARTS) is 1. The molecule has 5 rings (SSSR count). The number of piperazine rings is 1. The highest BCUT2D eigenvalue weighted by atomic mass is 35.5. The molecule has 0 radical (unpaired) electrons. The molecule has 4 heterocycles. The quantitative estimate of drug-likeness (QED) is 0.313. The third kappa shape index (κ3) is 5.30. The summed E-state index contributed by atoms with van der Waals surface area (Å²) in [5, 5.41) is 32.0. The number of halogens is 1. The average molecular weight is 583 g/mol. The van der Waals surface area contributed by atoms with Crippen LogP contribution in [0.3, 0.4) is 0 Å². The number of pyridine rings is 2. The molecule has 1 fully saturated rings. The van der Waals surface area contributed by atoms with E-state index >= 15 is 0 Å². The number of anilines is 3. The molecule has 3 aromatic heterocycles. The fourth-order valence-electron chi connectivity index (χ4n) is 5.30. The standard InChI is InChI=1S/C30H27ClN8O3/c1-17-12-22(19(3)34-24-8-9-25(31)35-26(24)30(41)42)27-36-28(23(14-33)29(40)39(27)15-17)38-11-10-37(16-18(38)2)21-6-4-20(13-32)5-7-21/h4-9,12,15,18-19,34H,10-11,16H2,1-3H3,(H,41,42)/t18-,19-/m1/s1. The van der Waals surface area contributed by atoms with Crippen LogP contribution in [-0.4, -0.2) is 51.1 Å². The number of carbonyl (C=O) groups is 1. The first-order valence-corrected chi connectivity index (χ1v) is 13.6. The number of hydrogen-bond acceptors (Lipinski definition) is 9. The lowest BCUT2D eigenvalue weighted by atomic mass is 10.1. The molecule has 2 N–H and O–H groups in total. The summed E-state index contributed by atoms with van der Waals surface area (Å²) in [6, 6.07) is 15.9. The lowest BCUT2D eigenvalue weighted by Gasteiger charge is -2.42. The Hall–Kier alpha value is -5.13. The minimum Gasteiger partial charge on any atom is -0.476 e. The molecule has 1 aromatic carbocycles. The summed E-state index contributed by atoms with van der Waals surface area (Å²) in [6.07, 6.45) is 1.64. The minimum atomic E-state index is -1.23. The number of hydrogen-bond donors (Lipinski definition) is 2. The van der Waals surface area contributed by atoms with Crippen LogP contribution in [0.25, 0.3) is 5.65 Å². The first-order valence-electron chi connectivity index (χ1n) is 13.3. The van der Waals surface area contributed by atoms with Gasteiger partial charge < -0.3 is 20.2 Å². The van der Waals surface area contributed by atoms with Crippen LogP contribution >= 0.6 is 11.6 Å². The molecule has 42 heavy (non-hydrogen) atoms. The summed E-state index contributed by atoms with van der Waals surface area (Å²) in [7, 11) is 0. The number of nitrogens with zero attached hydrogens (tertiary/aromatic N) is 7. The largest absolute Gasteiger partial charge is 0.476 e. The summed E-state index contributed by atoms with van der Waals surface area (Å²) in [5.74, 6) is -0.920. The number of carboxylic acids is 1. The van der Waals surface area contributed by atoms with Crippen LogP contribution in [0.4, 0.5) is 17.2 Å². The maximum Gasteiger partial charge on any atom is 0.356 e. The van der Waals surface area contributed by atoms with Crippen molar-refractivity contribution in [3.63, 3.8) is 0 Å². The average Bonchev–Trinajstić information content (AvgIpc) is 2.97. The monoisotopic (exact) mass is 582 g/mol. The molecule has 2 atom stereocenters. The Morgan fingerprint density at radius 1 is 1.14 bits per heavy atom. The highest BCUT2D eigenvalue weighted by molar-refractivity contribution is 6.29. The smallest absolute Gasteiger partial charge is 0.356 e.